The third kappa shape index (κ3) is 4.00. The maximum Gasteiger partial charge on any atom is 0.337 e. The highest BCUT2D eigenvalue weighted by Gasteiger charge is 2.40. The number of hydrogen-bond donors (Lipinski definition) is 0. The molecule has 0 N–H and O–H groups in total. The number of esters is 1. The summed E-state index contributed by atoms with van der Waals surface area (Å²) in [6.07, 6.45) is 1.13. The van der Waals surface area contributed by atoms with E-state index in [0.29, 0.717) is 17.4 Å². The molecular weight excluding hydrogens is 366 g/mol. The summed E-state index contributed by atoms with van der Waals surface area (Å²) in [4.78, 5) is 29.2. The van der Waals surface area contributed by atoms with Gasteiger partial charge in [0, 0.05) is 43.9 Å². The molecule has 0 spiro atoms. The second-order valence-corrected chi connectivity index (χ2v) is 8.57. The maximum absolute atomic E-state index is 12.7. The quantitative estimate of drug-likeness (QED) is 0.728. The summed E-state index contributed by atoms with van der Waals surface area (Å²) >= 11 is 0. The fraction of sp³-hybridized carbons (Fsp3) is 0.478. The van der Waals surface area contributed by atoms with Gasteiger partial charge in [-0.3, -0.25) is 9.69 Å². The van der Waals surface area contributed by atoms with Crippen LogP contribution in [-0.2, 0) is 11.3 Å². The summed E-state index contributed by atoms with van der Waals surface area (Å²) in [5.41, 5.74) is 2.98. The fourth-order valence-electron chi connectivity index (χ4n) is 5.05. The molecule has 1 aromatic heterocycles. The van der Waals surface area contributed by atoms with Crippen LogP contribution in [0.1, 0.15) is 40.0 Å². The molecule has 4 rings (SSSR count). The molecule has 6 heteroatoms. The first-order chi connectivity index (χ1) is 14.0. The summed E-state index contributed by atoms with van der Waals surface area (Å²) in [5.74, 6) is 0.499. The molecule has 0 saturated carbocycles. The molecule has 29 heavy (non-hydrogen) atoms. The minimum Gasteiger partial charge on any atom is -0.465 e. The molecule has 0 amide bonds. The zero-order valence-electron chi connectivity index (χ0n) is 17.4. The highest BCUT2D eigenvalue weighted by molar-refractivity contribution is 5.89. The molecule has 6 nitrogen and oxygen atoms in total. The van der Waals surface area contributed by atoms with Crippen LogP contribution >= 0.6 is 0 Å². The summed E-state index contributed by atoms with van der Waals surface area (Å²) in [6.45, 7) is 3.54. The van der Waals surface area contributed by atoms with Gasteiger partial charge in [0.25, 0.3) is 5.56 Å². The van der Waals surface area contributed by atoms with Crippen molar-refractivity contribution in [1.29, 1.82) is 0 Å². The van der Waals surface area contributed by atoms with Crippen LogP contribution in [0.4, 0.5) is 0 Å². The molecule has 2 bridgehead atoms. The van der Waals surface area contributed by atoms with Gasteiger partial charge in [0.1, 0.15) is 0 Å². The van der Waals surface area contributed by atoms with Crippen molar-refractivity contribution in [2.24, 2.45) is 5.92 Å². The molecule has 154 valence electrons. The van der Waals surface area contributed by atoms with Gasteiger partial charge in [0.15, 0.2) is 0 Å². The van der Waals surface area contributed by atoms with Crippen molar-refractivity contribution in [2.75, 3.05) is 40.8 Å². The molecule has 2 aromatic rings. The summed E-state index contributed by atoms with van der Waals surface area (Å²) < 4.78 is 6.90. The average Bonchev–Trinajstić information content (AvgIpc) is 2.70. The predicted molar refractivity (Wildman–Crippen MR) is 112 cm³/mol. The summed E-state index contributed by atoms with van der Waals surface area (Å²) in [7, 11) is 5.54. The molecule has 1 aromatic carbocycles. The zero-order valence-corrected chi connectivity index (χ0v) is 17.4. The second-order valence-electron chi connectivity index (χ2n) is 8.57. The lowest BCUT2D eigenvalue weighted by Gasteiger charge is -2.47. The number of likely N-dealkylation sites (N-methyl/N-ethyl adjacent to an activating group) is 1. The second kappa shape index (κ2) is 8.13. The smallest absolute Gasteiger partial charge is 0.337 e. The Kier molecular flexibility index (Phi) is 5.56. The van der Waals surface area contributed by atoms with Gasteiger partial charge in [-0.15, -0.1) is 0 Å². The van der Waals surface area contributed by atoms with E-state index >= 15 is 0 Å². The third-order valence-electron chi connectivity index (χ3n) is 6.18. The number of aromatic nitrogens is 1. The normalized spacial score (nSPS) is 23.7. The van der Waals surface area contributed by atoms with Gasteiger partial charge in [-0.05, 0) is 50.2 Å². The van der Waals surface area contributed by atoms with E-state index in [9.17, 15) is 9.59 Å². The van der Waals surface area contributed by atoms with Crippen LogP contribution in [0.25, 0.3) is 0 Å². The molecule has 2 aliphatic rings. The van der Waals surface area contributed by atoms with Crippen molar-refractivity contribution < 1.29 is 9.53 Å². The fourth-order valence-corrected chi connectivity index (χ4v) is 5.05. The van der Waals surface area contributed by atoms with Crippen molar-refractivity contribution in [1.82, 2.24) is 14.4 Å². The van der Waals surface area contributed by atoms with Gasteiger partial charge in [-0.2, -0.15) is 0 Å². The van der Waals surface area contributed by atoms with Crippen LogP contribution in [0.5, 0.6) is 0 Å². The molecule has 0 unspecified atom stereocenters. The van der Waals surface area contributed by atoms with Gasteiger partial charge < -0.3 is 14.2 Å². The van der Waals surface area contributed by atoms with Gasteiger partial charge in [-0.1, -0.05) is 18.2 Å². The lowest BCUT2D eigenvalue weighted by molar-refractivity contribution is 0.0599. The van der Waals surface area contributed by atoms with Crippen molar-refractivity contribution in [3.8, 4) is 0 Å². The lowest BCUT2D eigenvalue weighted by atomic mass is 9.78. The first-order valence-corrected chi connectivity index (χ1v) is 10.2. The topological polar surface area (TPSA) is 54.8 Å². The monoisotopic (exact) mass is 395 g/mol. The molecular formula is C23H29N3O3. The Morgan fingerprint density at radius 3 is 2.72 bits per heavy atom. The van der Waals surface area contributed by atoms with Gasteiger partial charge in [0.05, 0.1) is 18.7 Å². The Hall–Kier alpha value is -2.44. The number of rotatable bonds is 5. The van der Waals surface area contributed by atoms with E-state index < -0.39 is 0 Å². The number of pyridine rings is 1. The van der Waals surface area contributed by atoms with Crippen LogP contribution < -0.4 is 5.56 Å². The standard InChI is InChI=1S/C23H29N3O3/c1-24(2)15-21-19-11-18(20-8-5-9-22(27)26(20)21)13-25(14-19)12-16-6-4-7-17(10-16)23(28)29-3/h4-10,18-19,21H,11-15H2,1-3H3/t18-,19+,21+/m1/s1. The van der Waals surface area contributed by atoms with Crippen LogP contribution in [0.15, 0.2) is 47.3 Å². The first kappa shape index (κ1) is 19.9. The van der Waals surface area contributed by atoms with Gasteiger partial charge in [0.2, 0.25) is 0 Å². The number of ether oxygens (including phenoxy) is 1. The number of nitrogens with zero attached hydrogens (tertiary/aromatic N) is 3. The Morgan fingerprint density at radius 1 is 1.17 bits per heavy atom. The molecule has 3 heterocycles. The lowest BCUT2D eigenvalue weighted by Crippen LogP contribution is -2.51. The maximum atomic E-state index is 12.7. The van der Waals surface area contributed by atoms with Crippen LogP contribution in [0.2, 0.25) is 0 Å². The van der Waals surface area contributed by atoms with Gasteiger partial charge >= 0.3 is 5.97 Å². The van der Waals surface area contributed by atoms with E-state index in [1.165, 1.54) is 7.11 Å². The highest BCUT2D eigenvalue weighted by Crippen LogP contribution is 2.41. The molecule has 0 radical (unpaired) electrons. The Bertz CT molecular complexity index is 952. The SMILES string of the molecule is COC(=O)c1cccc(CN2C[C@H]3C[C@@H](C2)[C@H](CN(C)C)n2c3cccc2=O)c1. The van der Waals surface area contributed by atoms with Crippen LogP contribution in [-0.4, -0.2) is 61.2 Å². The van der Waals surface area contributed by atoms with E-state index in [4.69, 9.17) is 4.74 Å². The van der Waals surface area contributed by atoms with E-state index in [1.54, 1.807) is 12.1 Å². The molecule has 0 aliphatic carbocycles. The Balaban J connectivity index is 1.60. The number of benzene rings is 1. The molecule has 3 atom stereocenters. The number of hydrogen-bond acceptors (Lipinski definition) is 5. The number of methoxy groups -OCH3 is 1. The minimum atomic E-state index is -0.304. The number of fused-ring (bicyclic) bond motifs is 4. The van der Waals surface area contributed by atoms with Crippen molar-refractivity contribution in [2.45, 2.75) is 24.9 Å². The van der Waals surface area contributed by atoms with Crippen LogP contribution in [0.3, 0.4) is 0 Å². The predicted octanol–water partition coefficient (Wildman–Crippen LogP) is 2.36. The number of likely N-dealkylation sites (tertiary alicyclic amines) is 1. The van der Waals surface area contributed by atoms with Crippen molar-refractivity contribution >= 4 is 5.97 Å². The van der Waals surface area contributed by atoms with E-state index in [1.807, 2.05) is 22.8 Å². The summed E-state index contributed by atoms with van der Waals surface area (Å²) in [6, 6.07) is 13.6. The molecule has 2 aliphatic heterocycles. The van der Waals surface area contributed by atoms with E-state index in [2.05, 4.69) is 36.0 Å². The first-order valence-electron chi connectivity index (χ1n) is 10.2. The van der Waals surface area contributed by atoms with Crippen molar-refractivity contribution in [3.63, 3.8) is 0 Å². The van der Waals surface area contributed by atoms with Crippen LogP contribution in [0, 0.1) is 5.92 Å². The zero-order chi connectivity index (χ0) is 20.5. The largest absolute Gasteiger partial charge is 0.465 e. The summed E-state index contributed by atoms with van der Waals surface area (Å²) in [5, 5.41) is 0. The number of piperidine rings is 1. The highest BCUT2D eigenvalue weighted by atomic mass is 16.5. The molecule has 1 saturated heterocycles. The third-order valence-corrected chi connectivity index (χ3v) is 6.18. The van der Waals surface area contributed by atoms with Gasteiger partial charge in [-0.25, -0.2) is 4.79 Å². The van der Waals surface area contributed by atoms with E-state index in [-0.39, 0.29) is 17.6 Å². The van der Waals surface area contributed by atoms with Crippen molar-refractivity contribution in [3.05, 3.63) is 69.6 Å². The minimum absolute atomic E-state index is 0.114. The number of carbonyl (C=O) groups excluding carboxylic acids is 1. The average molecular weight is 396 g/mol. The number of carbonyl (C=O) groups is 1. The van der Waals surface area contributed by atoms with E-state index in [0.717, 1.165) is 43.9 Å². The Morgan fingerprint density at radius 2 is 1.97 bits per heavy atom. The Labute approximate surface area is 171 Å². The molecule has 1 fully saturated rings.